The van der Waals surface area contributed by atoms with Crippen molar-refractivity contribution in [3.8, 4) is 11.5 Å². The van der Waals surface area contributed by atoms with Crippen LogP contribution in [0.2, 0.25) is 5.02 Å². The monoisotopic (exact) mass is 535 g/mol. The van der Waals surface area contributed by atoms with Gasteiger partial charge in [-0.3, -0.25) is 10.1 Å². The van der Waals surface area contributed by atoms with Crippen molar-refractivity contribution < 1.29 is 28.7 Å². The minimum absolute atomic E-state index is 0.00533. The molecule has 2 N–H and O–H groups in total. The summed E-state index contributed by atoms with van der Waals surface area (Å²) in [5, 5.41) is 17.9. The van der Waals surface area contributed by atoms with Gasteiger partial charge in [0.25, 0.3) is 5.69 Å². The van der Waals surface area contributed by atoms with Crippen molar-refractivity contribution in [3.63, 3.8) is 0 Å². The molecule has 35 heavy (non-hydrogen) atoms. The molecule has 3 rings (SSSR count). The first kappa shape index (κ1) is 25.9. The molecule has 2 aromatic carbocycles. The summed E-state index contributed by atoms with van der Waals surface area (Å²) in [7, 11) is 2.44. The molecule has 0 atom stereocenters. The Hall–Kier alpha value is -3.74. The number of hydrogen-bond acceptors (Lipinski definition) is 9. The number of nitrogens with zero attached hydrogens (tertiary/aromatic N) is 1. The van der Waals surface area contributed by atoms with Gasteiger partial charge in [0.1, 0.15) is 21.4 Å². The molecule has 10 nitrogen and oxygen atoms in total. The maximum Gasteiger partial charge on any atom is 0.348 e. The highest BCUT2D eigenvalue weighted by Crippen LogP contribution is 2.35. The number of thiocarbonyl (C=S) groups is 1. The number of nitrogens with one attached hydrogen (secondary N) is 2. The van der Waals surface area contributed by atoms with Gasteiger partial charge in [0.15, 0.2) is 5.11 Å². The van der Waals surface area contributed by atoms with E-state index in [-0.39, 0.29) is 37.7 Å². The van der Waals surface area contributed by atoms with Crippen LogP contribution in [0, 0.1) is 17.0 Å². The number of nitro groups is 1. The number of nitro benzene ring substituents is 1. The van der Waals surface area contributed by atoms with Gasteiger partial charge in [0.2, 0.25) is 0 Å². The molecule has 0 amide bonds. The molecule has 0 unspecified atom stereocenters. The summed E-state index contributed by atoms with van der Waals surface area (Å²) in [6.07, 6.45) is 0. The van der Waals surface area contributed by atoms with E-state index in [4.69, 9.17) is 38.0 Å². The standard InChI is InChI=1S/C22H18ClN3O7S2/c1-11-17(20(27)31-2)19(35-18(11)21(28)32-3)25-22(34)24-13-8-14(26(29)30)10-16(9-13)33-15-6-4-12(23)5-7-15/h4-10H,1-3H3,(H2,24,25,34). The minimum atomic E-state index is -0.673. The molecule has 13 heteroatoms. The highest BCUT2D eigenvalue weighted by atomic mass is 35.5. The fourth-order valence-electron chi connectivity index (χ4n) is 2.96. The summed E-state index contributed by atoms with van der Waals surface area (Å²) >= 11 is 12.2. The third-order valence-electron chi connectivity index (χ3n) is 4.54. The van der Waals surface area contributed by atoms with Crippen molar-refractivity contribution in [1.82, 2.24) is 0 Å². The van der Waals surface area contributed by atoms with Crippen molar-refractivity contribution in [3.05, 3.63) is 73.6 Å². The summed E-state index contributed by atoms with van der Waals surface area (Å²) < 4.78 is 15.3. The number of halogens is 1. The van der Waals surface area contributed by atoms with Crippen LogP contribution in [0.5, 0.6) is 11.5 Å². The Morgan fingerprint density at radius 1 is 1.03 bits per heavy atom. The molecule has 0 saturated carbocycles. The normalized spacial score (nSPS) is 10.3. The zero-order chi connectivity index (χ0) is 25.7. The lowest BCUT2D eigenvalue weighted by molar-refractivity contribution is -0.384. The molecule has 3 aromatic rings. The number of carbonyl (C=O) groups excluding carboxylic acids is 2. The molecule has 0 bridgehead atoms. The van der Waals surface area contributed by atoms with E-state index in [0.717, 1.165) is 11.3 Å². The summed E-state index contributed by atoms with van der Waals surface area (Å²) in [6, 6.07) is 10.5. The van der Waals surface area contributed by atoms with Crippen LogP contribution in [-0.4, -0.2) is 36.2 Å². The average Bonchev–Trinajstić information content (AvgIpc) is 3.14. The van der Waals surface area contributed by atoms with Crippen LogP contribution >= 0.6 is 35.2 Å². The number of benzene rings is 2. The van der Waals surface area contributed by atoms with Gasteiger partial charge in [0.05, 0.1) is 36.5 Å². The van der Waals surface area contributed by atoms with Gasteiger partial charge in [-0.15, -0.1) is 11.3 Å². The van der Waals surface area contributed by atoms with Gasteiger partial charge in [0, 0.05) is 17.2 Å². The van der Waals surface area contributed by atoms with Crippen molar-refractivity contribution in [1.29, 1.82) is 0 Å². The molecule has 182 valence electrons. The molecule has 0 saturated heterocycles. The number of esters is 2. The van der Waals surface area contributed by atoms with E-state index in [1.165, 1.54) is 32.4 Å². The first-order valence-electron chi connectivity index (χ1n) is 9.73. The second kappa shape index (κ2) is 11.1. The zero-order valence-electron chi connectivity index (χ0n) is 18.5. The third-order valence-corrected chi connectivity index (χ3v) is 6.19. The summed E-state index contributed by atoms with van der Waals surface area (Å²) in [5.41, 5.74) is 0.500. The maximum absolute atomic E-state index is 12.3. The number of anilines is 2. The van der Waals surface area contributed by atoms with E-state index in [9.17, 15) is 19.7 Å². The Morgan fingerprint density at radius 2 is 1.69 bits per heavy atom. The Morgan fingerprint density at radius 3 is 2.29 bits per heavy atom. The predicted molar refractivity (Wildman–Crippen MR) is 136 cm³/mol. The number of methoxy groups -OCH3 is 2. The van der Waals surface area contributed by atoms with Crippen LogP contribution in [0.25, 0.3) is 0 Å². The molecule has 0 spiro atoms. The molecule has 0 radical (unpaired) electrons. The summed E-state index contributed by atoms with van der Waals surface area (Å²) in [5.74, 6) is -0.684. The molecule has 1 aromatic heterocycles. The largest absolute Gasteiger partial charge is 0.465 e. The van der Waals surface area contributed by atoms with Crippen LogP contribution in [0.4, 0.5) is 16.4 Å². The van der Waals surface area contributed by atoms with E-state index in [1.54, 1.807) is 31.2 Å². The fourth-order valence-corrected chi connectivity index (χ4v) is 4.49. The van der Waals surface area contributed by atoms with Crippen molar-refractivity contribution >= 4 is 68.6 Å². The van der Waals surface area contributed by atoms with Crippen molar-refractivity contribution in [2.75, 3.05) is 24.9 Å². The smallest absolute Gasteiger partial charge is 0.348 e. The highest BCUT2D eigenvalue weighted by Gasteiger charge is 2.26. The fraction of sp³-hybridized carbons (Fsp3) is 0.136. The molecule has 0 fully saturated rings. The number of rotatable bonds is 7. The lowest BCUT2D eigenvalue weighted by Crippen LogP contribution is -2.20. The van der Waals surface area contributed by atoms with Gasteiger partial charge in [-0.25, -0.2) is 9.59 Å². The molecule has 0 aliphatic carbocycles. The van der Waals surface area contributed by atoms with Gasteiger partial charge in [-0.2, -0.15) is 0 Å². The average molecular weight is 536 g/mol. The Kier molecular flexibility index (Phi) is 8.22. The Bertz CT molecular complexity index is 1310. The topological polar surface area (TPSA) is 129 Å². The zero-order valence-corrected chi connectivity index (χ0v) is 20.9. The van der Waals surface area contributed by atoms with E-state index in [2.05, 4.69) is 10.6 Å². The van der Waals surface area contributed by atoms with Crippen LogP contribution in [0.1, 0.15) is 25.6 Å². The number of carbonyl (C=O) groups is 2. The quantitative estimate of drug-likeness (QED) is 0.166. The molecule has 0 aliphatic heterocycles. The summed E-state index contributed by atoms with van der Waals surface area (Å²) in [4.78, 5) is 35.4. The Labute approximate surface area is 213 Å². The first-order chi connectivity index (χ1) is 16.6. The van der Waals surface area contributed by atoms with E-state index in [1.807, 2.05) is 0 Å². The second-order valence-corrected chi connectivity index (χ2v) is 8.72. The number of ether oxygens (including phenoxy) is 3. The van der Waals surface area contributed by atoms with E-state index < -0.39 is 16.9 Å². The third kappa shape index (κ3) is 6.23. The van der Waals surface area contributed by atoms with Gasteiger partial charge in [-0.05, 0) is 49.0 Å². The molecule has 1 heterocycles. The van der Waals surface area contributed by atoms with E-state index in [0.29, 0.717) is 16.3 Å². The predicted octanol–water partition coefficient (Wildman–Crippen LogP) is 5.79. The highest BCUT2D eigenvalue weighted by molar-refractivity contribution is 7.80. The van der Waals surface area contributed by atoms with Crippen molar-refractivity contribution in [2.24, 2.45) is 0 Å². The van der Waals surface area contributed by atoms with Crippen LogP contribution in [-0.2, 0) is 9.47 Å². The lowest BCUT2D eigenvalue weighted by Gasteiger charge is -2.12. The van der Waals surface area contributed by atoms with Gasteiger partial charge >= 0.3 is 11.9 Å². The van der Waals surface area contributed by atoms with Crippen molar-refractivity contribution in [2.45, 2.75) is 6.92 Å². The number of hydrogen-bond donors (Lipinski definition) is 2. The minimum Gasteiger partial charge on any atom is -0.465 e. The van der Waals surface area contributed by atoms with Crippen LogP contribution in [0.15, 0.2) is 42.5 Å². The lowest BCUT2D eigenvalue weighted by atomic mass is 10.1. The Balaban J connectivity index is 1.87. The van der Waals surface area contributed by atoms with Crippen LogP contribution < -0.4 is 15.4 Å². The SMILES string of the molecule is COC(=O)c1sc(NC(=S)Nc2cc(Oc3ccc(Cl)cc3)cc([N+](=O)[O-])c2)c(C(=O)OC)c1C. The molecular formula is C22H18ClN3O7S2. The first-order valence-corrected chi connectivity index (χ1v) is 11.3. The number of thiophene rings is 1. The molecule has 0 aliphatic rings. The number of non-ortho nitro benzene ring substituents is 1. The van der Waals surface area contributed by atoms with Crippen LogP contribution in [0.3, 0.4) is 0 Å². The van der Waals surface area contributed by atoms with E-state index >= 15 is 0 Å². The van der Waals surface area contributed by atoms with Gasteiger partial charge < -0.3 is 24.8 Å². The maximum atomic E-state index is 12.3. The molecular weight excluding hydrogens is 518 g/mol. The second-order valence-electron chi connectivity index (χ2n) is 6.85. The van der Waals surface area contributed by atoms with Gasteiger partial charge in [-0.1, -0.05) is 11.6 Å². The summed E-state index contributed by atoms with van der Waals surface area (Å²) in [6.45, 7) is 1.58.